The van der Waals surface area contributed by atoms with Gasteiger partial charge in [-0.3, -0.25) is 0 Å². The van der Waals surface area contributed by atoms with Gasteiger partial charge in [-0.25, -0.2) is 0 Å². The van der Waals surface area contributed by atoms with Crippen LogP contribution in [0.4, 0.5) is 13.2 Å². The van der Waals surface area contributed by atoms with Crippen LogP contribution in [0.3, 0.4) is 0 Å². The second-order valence-electron chi connectivity index (χ2n) is 6.17. The molecule has 0 spiro atoms. The molecule has 0 amide bonds. The van der Waals surface area contributed by atoms with Gasteiger partial charge in [0.15, 0.2) is 6.61 Å². The standard InChI is InChI=1S/C19H18BrF3O2/c20-16-3-1-2-13(10-16)11-24-18(14-4-5-14)15-6-8-17(9-7-15)25-12-19(21,22)23/h1-3,6-10,14,18H,4-5,11-12H2. The van der Waals surface area contributed by atoms with Gasteiger partial charge in [0.2, 0.25) is 0 Å². The van der Waals surface area contributed by atoms with Gasteiger partial charge in [0.1, 0.15) is 5.75 Å². The van der Waals surface area contributed by atoms with Crippen LogP contribution in [0.25, 0.3) is 0 Å². The first-order chi connectivity index (χ1) is 11.9. The summed E-state index contributed by atoms with van der Waals surface area (Å²) in [6.07, 6.45) is -2.16. The van der Waals surface area contributed by atoms with E-state index in [4.69, 9.17) is 9.47 Å². The zero-order valence-electron chi connectivity index (χ0n) is 13.4. The highest BCUT2D eigenvalue weighted by Crippen LogP contribution is 2.44. The van der Waals surface area contributed by atoms with Gasteiger partial charge in [-0.05, 0) is 54.2 Å². The molecular weight excluding hydrogens is 397 g/mol. The van der Waals surface area contributed by atoms with Crippen LogP contribution in [-0.2, 0) is 11.3 Å². The number of hydrogen-bond donors (Lipinski definition) is 0. The Hall–Kier alpha value is -1.53. The minimum absolute atomic E-state index is 0.0457. The molecule has 2 aromatic carbocycles. The average Bonchev–Trinajstić information content (AvgIpc) is 3.39. The van der Waals surface area contributed by atoms with Crippen LogP contribution in [0.2, 0.25) is 0 Å². The highest BCUT2D eigenvalue weighted by molar-refractivity contribution is 9.10. The molecule has 0 bridgehead atoms. The summed E-state index contributed by atoms with van der Waals surface area (Å²) in [5, 5.41) is 0. The maximum Gasteiger partial charge on any atom is 0.422 e. The zero-order chi connectivity index (χ0) is 17.9. The predicted octanol–water partition coefficient (Wildman–Crippen LogP) is 6.06. The van der Waals surface area contributed by atoms with E-state index >= 15 is 0 Å². The van der Waals surface area contributed by atoms with Crippen LogP contribution in [-0.4, -0.2) is 12.8 Å². The zero-order valence-corrected chi connectivity index (χ0v) is 15.0. The van der Waals surface area contributed by atoms with Gasteiger partial charge >= 0.3 is 6.18 Å². The van der Waals surface area contributed by atoms with Gasteiger partial charge < -0.3 is 9.47 Å². The van der Waals surface area contributed by atoms with Crippen LogP contribution < -0.4 is 4.74 Å². The third-order valence-corrected chi connectivity index (χ3v) is 4.47. The van der Waals surface area contributed by atoms with Crippen molar-refractivity contribution in [2.75, 3.05) is 6.61 Å². The molecular formula is C19H18BrF3O2. The minimum atomic E-state index is -4.33. The van der Waals surface area contributed by atoms with Gasteiger partial charge in [0.05, 0.1) is 12.7 Å². The molecule has 0 heterocycles. The second-order valence-corrected chi connectivity index (χ2v) is 7.09. The van der Waals surface area contributed by atoms with Crippen LogP contribution >= 0.6 is 15.9 Å². The van der Waals surface area contributed by atoms with Crippen molar-refractivity contribution in [3.8, 4) is 5.75 Å². The summed E-state index contributed by atoms with van der Waals surface area (Å²) in [4.78, 5) is 0. The topological polar surface area (TPSA) is 18.5 Å². The van der Waals surface area contributed by atoms with Gasteiger partial charge in [0, 0.05) is 4.47 Å². The van der Waals surface area contributed by atoms with E-state index in [1.807, 2.05) is 24.3 Å². The lowest BCUT2D eigenvalue weighted by Crippen LogP contribution is -2.19. The summed E-state index contributed by atoms with van der Waals surface area (Å²) in [5.41, 5.74) is 2.04. The summed E-state index contributed by atoms with van der Waals surface area (Å²) in [6.45, 7) is -0.787. The number of alkyl halides is 3. The SMILES string of the molecule is FC(F)(F)COc1ccc(C(OCc2cccc(Br)c2)C2CC2)cc1. The Bertz CT molecular complexity index is 697. The van der Waals surface area contributed by atoms with Crippen LogP contribution in [0.1, 0.15) is 30.1 Å². The Morgan fingerprint density at radius 1 is 1.08 bits per heavy atom. The maximum atomic E-state index is 12.2. The maximum absolute atomic E-state index is 12.2. The molecule has 1 aliphatic carbocycles. The Labute approximate surface area is 153 Å². The van der Waals surface area contributed by atoms with Gasteiger partial charge in [-0.15, -0.1) is 0 Å². The largest absolute Gasteiger partial charge is 0.484 e. The minimum Gasteiger partial charge on any atom is -0.484 e. The van der Waals surface area contributed by atoms with Crippen molar-refractivity contribution in [3.63, 3.8) is 0 Å². The van der Waals surface area contributed by atoms with E-state index in [0.29, 0.717) is 12.5 Å². The number of halogens is 4. The van der Waals surface area contributed by atoms with E-state index in [9.17, 15) is 13.2 Å². The fraction of sp³-hybridized carbons (Fsp3) is 0.368. The molecule has 0 saturated heterocycles. The molecule has 1 fully saturated rings. The van der Waals surface area contributed by atoms with E-state index in [1.165, 1.54) is 0 Å². The molecule has 0 aliphatic heterocycles. The second kappa shape index (κ2) is 7.79. The van der Waals surface area contributed by atoms with Crippen LogP contribution in [0.15, 0.2) is 53.0 Å². The Kier molecular flexibility index (Phi) is 5.69. The molecule has 1 atom stereocenters. The van der Waals surface area contributed by atoms with Crippen molar-refractivity contribution in [2.24, 2.45) is 5.92 Å². The van der Waals surface area contributed by atoms with Gasteiger partial charge in [-0.1, -0.05) is 40.2 Å². The average molecular weight is 415 g/mol. The Balaban J connectivity index is 1.62. The number of hydrogen-bond acceptors (Lipinski definition) is 2. The molecule has 134 valence electrons. The highest BCUT2D eigenvalue weighted by Gasteiger charge is 2.33. The summed E-state index contributed by atoms with van der Waals surface area (Å²) in [5.74, 6) is 0.678. The first-order valence-electron chi connectivity index (χ1n) is 8.06. The molecule has 25 heavy (non-hydrogen) atoms. The molecule has 1 aliphatic rings. The monoisotopic (exact) mass is 414 g/mol. The molecule has 6 heteroatoms. The molecule has 2 nitrogen and oxygen atoms in total. The molecule has 1 saturated carbocycles. The van der Waals surface area contributed by atoms with Crippen LogP contribution in [0.5, 0.6) is 5.75 Å². The van der Waals surface area contributed by atoms with E-state index in [1.54, 1.807) is 24.3 Å². The van der Waals surface area contributed by atoms with E-state index in [0.717, 1.165) is 28.4 Å². The third-order valence-electron chi connectivity index (χ3n) is 3.98. The smallest absolute Gasteiger partial charge is 0.422 e. The number of benzene rings is 2. The first kappa shape index (κ1) is 18.3. The van der Waals surface area contributed by atoms with Gasteiger partial charge in [0.25, 0.3) is 0 Å². The Morgan fingerprint density at radius 3 is 2.40 bits per heavy atom. The normalized spacial score (nSPS) is 15.8. The lowest BCUT2D eigenvalue weighted by atomic mass is 10.0. The molecule has 3 rings (SSSR count). The van der Waals surface area contributed by atoms with E-state index in [2.05, 4.69) is 15.9 Å². The third kappa shape index (κ3) is 5.75. The molecule has 0 aromatic heterocycles. The number of ether oxygens (including phenoxy) is 2. The number of rotatable bonds is 7. The van der Waals surface area contributed by atoms with Crippen molar-refractivity contribution in [3.05, 3.63) is 64.1 Å². The first-order valence-corrected chi connectivity index (χ1v) is 8.85. The van der Waals surface area contributed by atoms with Crippen molar-refractivity contribution in [1.29, 1.82) is 0 Å². The molecule has 0 N–H and O–H groups in total. The summed E-state index contributed by atoms with van der Waals surface area (Å²) >= 11 is 3.44. The Morgan fingerprint density at radius 2 is 1.80 bits per heavy atom. The molecule has 2 aromatic rings. The van der Waals surface area contributed by atoms with Crippen molar-refractivity contribution in [1.82, 2.24) is 0 Å². The summed E-state index contributed by atoms with van der Waals surface area (Å²) in [6, 6.07) is 14.6. The van der Waals surface area contributed by atoms with Crippen LogP contribution in [0, 0.1) is 5.92 Å². The van der Waals surface area contributed by atoms with Crippen molar-refractivity contribution in [2.45, 2.75) is 31.7 Å². The van der Waals surface area contributed by atoms with Gasteiger partial charge in [-0.2, -0.15) is 13.2 Å². The molecule has 1 unspecified atom stereocenters. The lowest BCUT2D eigenvalue weighted by molar-refractivity contribution is -0.153. The predicted molar refractivity (Wildman–Crippen MR) is 92.4 cm³/mol. The highest BCUT2D eigenvalue weighted by atomic mass is 79.9. The lowest BCUT2D eigenvalue weighted by Gasteiger charge is -2.19. The fourth-order valence-electron chi connectivity index (χ4n) is 2.64. The molecule has 0 radical (unpaired) electrons. The van der Waals surface area contributed by atoms with Crippen molar-refractivity contribution >= 4 is 15.9 Å². The van der Waals surface area contributed by atoms with Crippen molar-refractivity contribution < 1.29 is 22.6 Å². The van der Waals surface area contributed by atoms with E-state index < -0.39 is 12.8 Å². The summed E-state index contributed by atoms with van der Waals surface area (Å²) < 4.78 is 48.5. The van der Waals surface area contributed by atoms with E-state index in [-0.39, 0.29) is 11.9 Å². The quantitative estimate of drug-likeness (QED) is 0.548. The fourth-order valence-corrected chi connectivity index (χ4v) is 3.08. The summed E-state index contributed by atoms with van der Waals surface area (Å²) in [7, 11) is 0.